The Balaban J connectivity index is 2.20. The van der Waals surface area contributed by atoms with Crippen molar-refractivity contribution in [2.75, 3.05) is 6.61 Å². The first-order valence-electron chi connectivity index (χ1n) is 8.64. The molecule has 1 rings (SSSR count). The van der Waals surface area contributed by atoms with Crippen LogP contribution in [0.1, 0.15) is 71.1 Å². The largest absolute Gasteiger partial charge is 0.487 e. The molecule has 0 saturated carbocycles. The SMILES string of the molecule is CCCCCCCCCCCCOc1c(F)c(F)c(F)c(F)c1F. The Hall–Kier alpha value is -1.33. The topological polar surface area (TPSA) is 9.23 Å². The Morgan fingerprint density at radius 3 is 1.38 bits per heavy atom. The molecule has 0 unspecified atom stereocenters. The van der Waals surface area contributed by atoms with Crippen LogP contribution in [0.25, 0.3) is 0 Å². The van der Waals surface area contributed by atoms with Crippen LogP contribution in [-0.2, 0) is 0 Å². The molecule has 0 aliphatic carbocycles. The van der Waals surface area contributed by atoms with Gasteiger partial charge in [-0.25, -0.2) is 13.2 Å². The van der Waals surface area contributed by atoms with E-state index in [4.69, 9.17) is 4.74 Å². The molecular formula is C18H25F5O. The van der Waals surface area contributed by atoms with Gasteiger partial charge in [0.15, 0.2) is 5.75 Å². The van der Waals surface area contributed by atoms with Crippen LogP contribution in [0.5, 0.6) is 5.75 Å². The van der Waals surface area contributed by atoms with Crippen LogP contribution in [0.2, 0.25) is 0 Å². The monoisotopic (exact) mass is 352 g/mol. The zero-order chi connectivity index (χ0) is 17.9. The summed E-state index contributed by atoms with van der Waals surface area (Å²) >= 11 is 0. The summed E-state index contributed by atoms with van der Waals surface area (Å²) in [6.45, 7) is 2.10. The number of benzene rings is 1. The first-order valence-corrected chi connectivity index (χ1v) is 8.64. The van der Waals surface area contributed by atoms with Gasteiger partial charge in [0.25, 0.3) is 0 Å². The normalized spacial score (nSPS) is 11.1. The van der Waals surface area contributed by atoms with E-state index in [9.17, 15) is 22.0 Å². The number of unbranched alkanes of at least 4 members (excludes halogenated alkanes) is 9. The van der Waals surface area contributed by atoms with Crippen molar-refractivity contribution in [1.82, 2.24) is 0 Å². The van der Waals surface area contributed by atoms with Crippen molar-refractivity contribution in [3.63, 3.8) is 0 Å². The van der Waals surface area contributed by atoms with E-state index >= 15 is 0 Å². The Morgan fingerprint density at radius 2 is 0.917 bits per heavy atom. The number of ether oxygens (including phenoxy) is 1. The predicted molar refractivity (Wildman–Crippen MR) is 83.6 cm³/mol. The fraction of sp³-hybridized carbons (Fsp3) is 0.667. The highest BCUT2D eigenvalue weighted by Crippen LogP contribution is 2.29. The van der Waals surface area contributed by atoms with E-state index in [2.05, 4.69) is 6.92 Å². The molecule has 0 atom stereocenters. The molecule has 138 valence electrons. The van der Waals surface area contributed by atoms with Crippen LogP contribution in [0, 0.1) is 29.1 Å². The second kappa shape index (κ2) is 11.3. The van der Waals surface area contributed by atoms with E-state index in [1.54, 1.807) is 0 Å². The predicted octanol–water partition coefficient (Wildman–Crippen LogP) is 6.68. The highest BCUT2D eigenvalue weighted by Gasteiger charge is 2.26. The van der Waals surface area contributed by atoms with Gasteiger partial charge in [0.2, 0.25) is 29.1 Å². The van der Waals surface area contributed by atoms with E-state index in [-0.39, 0.29) is 6.61 Å². The van der Waals surface area contributed by atoms with Crippen LogP contribution in [-0.4, -0.2) is 6.61 Å². The van der Waals surface area contributed by atoms with Gasteiger partial charge in [0.05, 0.1) is 6.61 Å². The Bertz CT molecular complexity index is 476. The lowest BCUT2D eigenvalue weighted by molar-refractivity contribution is 0.255. The zero-order valence-electron chi connectivity index (χ0n) is 14.1. The number of rotatable bonds is 12. The summed E-state index contributed by atoms with van der Waals surface area (Å²) in [6, 6.07) is 0. The van der Waals surface area contributed by atoms with E-state index in [0.717, 1.165) is 25.7 Å². The van der Waals surface area contributed by atoms with E-state index in [1.165, 1.54) is 32.1 Å². The average Bonchev–Trinajstić information content (AvgIpc) is 2.58. The van der Waals surface area contributed by atoms with Gasteiger partial charge in [0, 0.05) is 0 Å². The summed E-state index contributed by atoms with van der Waals surface area (Å²) in [4.78, 5) is 0. The molecule has 24 heavy (non-hydrogen) atoms. The third-order valence-electron chi connectivity index (χ3n) is 3.91. The van der Waals surface area contributed by atoms with Gasteiger partial charge in [-0.05, 0) is 6.42 Å². The summed E-state index contributed by atoms with van der Waals surface area (Å²) in [7, 11) is 0. The third kappa shape index (κ3) is 6.29. The molecule has 0 aliphatic rings. The minimum Gasteiger partial charge on any atom is -0.487 e. The second-order valence-corrected chi connectivity index (χ2v) is 5.93. The summed E-state index contributed by atoms with van der Waals surface area (Å²) in [6.07, 6.45) is 10.7. The fourth-order valence-electron chi connectivity index (χ4n) is 2.48. The van der Waals surface area contributed by atoms with Crippen LogP contribution in [0.15, 0.2) is 0 Å². The van der Waals surface area contributed by atoms with Crippen LogP contribution < -0.4 is 4.74 Å². The van der Waals surface area contributed by atoms with Gasteiger partial charge in [0.1, 0.15) is 0 Å². The highest BCUT2D eigenvalue weighted by molar-refractivity contribution is 5.29. The van der Waals surface area contributed by atoms with Gasteiger partial charge < -0.3 is 4.74 Å². The first kappa shape index (κ1) is 20.7. The summed E-state index contributed by atoms with van der Waals surface area (Å²) < 4.78 is 70.3. The molecule has 0 amide bonds. The van der Waals surface area contributed by atoms with Gasteiger partial charge >= 0.3 is 0 Å². The molecule has 0 spiro atoms. The van der Waals surface area contributed by atoms with Crippen molar-refractivity contribution in [3.05, 3.63) is 29.1 Å². The minimum absolute atomic E-state index is 0.0746. The molecule has 0 radical (unpaired) electrons. The molecule has 0 fully saturated rings. The van der Waals surface area contributed by atoms with Gasteiger partial charge in [-0.15, -0.1) is 0 Å². The van der Waals surface area contributed by atoms with Crippen LogP contribution >= 0.6 is 0 Å². The molecule has 0 saturated heterocycles. The molecule has 6 heteroatoms. The molecule has 0 heterocycles. The number of hydrogen-bond donors (Lipinski definition) is 0. The molecule has 0 N–H and O–H groups in total. The minimum atomic E-state index is -2.17. The van der Waals surface area contributed by atoms with Crippen molar-refractivity contribution in [2.45, 2.75) is 71.1 Å². The van der Waals surface area contributed by atoms with E-state index in [1.807, 2.05) is 0 Å². The smallest absolute Gasteiger partial charge is 0.206 e. The molecule has 0 aromatic heterocycles. The number of halogens is 5. The summed E-state index contributed by atoms with van der Waals surface area (Å²) in [5.41, 5.74) is 0. The molecule has 0 aliphatic heterocycles. The summed E-state index contributed by atoms with van der Waals surface area (Å²) in [5.74, 6) is -11.2. The molecule has 1 nitrogen and oxygen atoms in total. The van der Waals surface area contributed by atoms with Crippen LogP contribution in [0.3, 0.4) is 0 Å². The van der Waals surface area contributed by atoms with Crippen molar-refractivity contribution < 1.29 is 26.7 Å². The number of hydrogen-bond acceptors (Lipinski definition) is 1. The van der Waals surface area contributed by atoms with Gasteiger partial charge in [-0.3, -0.25) is 0 Å². The lowest BCUT2D eigenvalue weighted by atomic mass is 10.1. The fourth-order valence-corrected chi connectivity index (χ4v) is 2.48. The maximum atomic E-state index is 13.4. The third-order valence-corrected chi connectivity index (χ3v) is 3.91. The quantitative estimate of drug-likeness (QED) is 0.176. The molecule has 0 bridgehead atoms. The summed E-state index contributed by atoms with van der Waals surface area (Å²) in [5, 5.41) is 0. The molecule has 1 aromatic carbocycles. The first-order chi connectivity index (χ1) is 11.5. The van der Waals surface area contributed by atoms with Gasteiger partial charge in [-0.2, -0.15) is 8.78 Å². The van der Waals surface area contributed by atoms with Crippen molar-refractivity contribution in [3.8, 4) is 5.75 Å². The van der Waals surface area contributed by atoms with Crippen LogP contribution in [0.4, 0.5) is 22.0 Å². The average molecular weight is 352 g/mol. The maximum absolute atomic E-state index is 13.4. The molecule has 1 aromatic rings. The molecular weight excluding hydrogens is 327 g/mol. The lowest BCUT2D eigenvalue weighted by Crippen LogP contribution is -2.08. The highest BCUT2D eigenvalue weighted by atomic mass is 19.2. The second-order valence-electron chi connectivity index (χ2n) is 5.93. The standard InChI is InChI=1S/C18H25F5O/c1-2-3-4-5-6-7-8-9-10-11-12-24-18-16(22)14(20)13(19)15(21)17(18)23/h2-12H2,1H3. The van der Waals surface area contributed by atoms with E-state index < -0.39 is 34.8 Å². The Morgan fingerprint density at radius 1 is 0.542 bits per heavy atom. The van der Waals surface area contributed by atoms with Gasteiger partial charge in [-0.1, -0.05) is 64.7 Å². The van der Waals surface area contributed by atoms with Crippen molar-refractivity contribution in [1.29, 1.82) is 0 Å². The van der Waals surface area contributed by atoms with Crippen molar-refractivity contribution in [2.24, 2.45) is 0 Å². The Kier molecular flexibility index (Phi) is 9.72. The van der Waals surface area contributed by atoms with E-state index in [0.29, 0.717) is 6.42 Å². The van der Waals surface area contributed by atoms with Crippen molar-refractivity contribution >= 4 is 0 Å². The Labute approximate surface area is 140 Å². The maximum Gasteiger partial charge on any atom is 0.206 e. The zero-order valence-corrected chi connectivity index (χ0v) is 14.1. The lowest BCUT2D eigenvalue weighted by Gasteiger charge is -2.10.